The zero-order chi connectivity index (χ0) is 23.4. The van der Waals surface area contributed by atoms with Crippen molar-refractivity contribution in [3.63, 3.8) is 0 Å². The Morgan fingerprint density at radius 1 is 1.21 bits per heavy atom. The summed E-state index contributed by atoms with van der Waals surface area (Å²) in [5.41, 5.74) is 1.71. The number of nitrogens with zero attached hydrogens (tertiary/aromatic N) is 2. The summed E-state index contributed by atoms with van der Waals surface area (Å²) in [7, 11) is 0. The van der Waals surface area contributed by atoms with E-state index in [0.29, 0.717) is 27.2 Å². The minimum absolute atomic E-state index is 0.172. The fraction of sp³-hybridized carbons (Fsp3) is 0.320. The van der Waals surface area contributed by atoms with Gasteiger partial charge in [-0.25, -0.2) is 9.79 Å². The van der Waals surface area contributed by atoms with Crippen LogP contribution < -0.4 is 19.6 Å². The van der Waals surface area contributed by atoms with Crippen molar-refractivity contribution in [3.05, 3.63) is 83.2 Å². The number of aromatic nitrogens is 1. The van der Waals surface area contributed by atoms with E-state index in [1.165, 1.54) is 22.7 Å². The van der Waals surface area contributed by atoms with Crippen molar-refractivity contribution >= 4 is 34.7 Å². The first kappa shape index (κ1) is 23.2. The van der Waals surface area contributed by atoms with E-state index in [0.717, 1.165) is 29.0 Å². The number of hydrogen-bond donors (Lipinski definition) is 0. The molecular formula is C25H26N2O4S2. The van der Waals surface area contributed by atoms with Gasteiger partial charge in [0, 0.05) is 4.88 Å². The maximum atomic E-state index is 13.5. The van der Waals surface area contributed by atoms with Gasteiger partial charge in [0.05, 0.1) is 29.0 Å². The van der Waals surface area contributed by atoms with Crippen LogP contribution in [0.15, 0.2) is 62.8 Å². The summed E-state index contributed by atoms with van der Waals surface area (Å²) in [5.74, 6) is 0.375. The highest BCUT2D eigenvalue weighted by Crippen LogP contribution is 2.33. The lowest BCUT2D eigenvalue weighted by molar-refractivity contribution is -0.139. The predicted octanol–water partition coefficient (Wildman–Crippen LogP) is 4.04. The number of carbonyl (C=O) groups is 1. The number of allylic oxidation sites excluding steroid dienone is 1. The summed E-state index contributed by atoms with van der Waals surface area (Å²) in [6, 6.07) is 11.0. The summed E-state index contributed by atoms with van der Waals surface area (Å²) in [4.78, 5) is 32.3. The topological polar surface area (TPSA) is 69.9 Å². The minimum atomic E-state index is -0.545. The Hall–Kier alpha value is -2.97. The van der Waals surface area contributed by atoms with Crippen molar-refractivity contribution in [2.75, 3.05) is 13.2 Å². The largest absolute Gasteiger partial charge is 0.494 e. The molecule has 1 atom stereocenters. The SMILES string of the molecule is CCCCOc1ccc(C=c2sc3n(c2=O)C(c2cccs2)C(C(=O)OCC)=C(C)N=3)cc1. The number of carbonyl (C=O) groups excluding carboxylic acids is 1. The first-order chi connectivity index (χ1) is 16.0. The number of fused-ring (bicyclic) bond motifs is 1. The molecule has 1 aliphatic rings. The Bertz CT molecular complexity index is 1330. The number of thiazole rings is 1. The van der Waals surface area contributed by atoms with Crippen molar-refractivity contribution in [1.29, 1.82) is 0 Å². The molecule has 6 nitrogen and oxygen atoms in total. The summed E-state index contributed by atoms with van der Waals surface area (Å²) < 4.78 is 13.2. The van der Waals surface area contributed by atoms with Crippen molar-refractivity contribution in [1.82, 2.24) is 4.57 Å². The fourth-order valence-corrected chi connectivity index (χ4v) is 5.52. The van der Waals surface area contributed by atoms with Gasteiger partial charge in [-0.15, -0.1) is 11.3 Å². The summed E-state index contributed by atoms with van der Waals surface area (Å²) in [6.07, 6.45) is 3.96. The van der Waals surface area contributed by atoms with E-state index >= 15 is 0 Å². The van der Waals surface area contributed by atoms with Gasteiger partial charge in [-0.05, 0) is 55.5 Å². The highest BCUT2D eigenvalue weighted by molar-refractivity contribution is 7.10. The molecule has 0 fully saturated rings. The molecule has 1 unspecified atom stereocenters. The highest BCUT2D eigenvalue weighted by atomic mass is 32.1. The molecule has 3 aromatic rings. The van der Waals surface area contributed by atoms with Crippen molar-refractivity contribution in [3.8, 4) is 5.75 Å². The van der Waals surface area contributed by atoms with E-state index in [1.807, 2.05) is 47.9 Å². The second-order valence-corrected chi connectivity index (χ2v) is 9.58. The molecule has 172 valence electrons. The van der Waals surface area contributed by atoms with E-state index in [9.17, 15) is 9.59 Å². The third-order valence-electron chi connectivity index (χ3n) is 5.27. The summed E-state index contributed by atoms with van der Waals surface area (Å²) in [5, 5.41) is 1.94. The molecule has 0 saturated carbocycles. The number of hydrogen-bond acceptors (Lipinski definition) is 7. The first-order valence-electron chi connectivity index (χ1n) is 11.0. The molecule has 3 heterocycles. The molecule has 4 rings (SSSR count). The Balaban J connectivity index is 1.76. The Kier molecular flexibility index (Phi) is 7.25. The van der Waals surface area contributed by atoms with Gasteiger partial charge in [0.1, 0.15) is 11.8 Å². The van der Waals surface area contributed by atoms with Gasteiger partial charge in [-0.2, -0.15) is 0 Å². The average Bonchev–Trinajstić information content (AvgIpc) is 3.43. The molecule has 0 saturated heterocycles. The molecule has 0 bridgehead atoms. The molecule has 0 N–H and O–H groups in total. The number of rotatable bonds is 8. The number of esters is 1. The second kappa shape index (κ2) is 10.3. The standard InChI is InChI=1S/C25H26N2O4S2/c1-4-6-13-31-18-11-9-17(10-12-18)15-20-23(28)27-22(19-8-7-14-32-19)21(24(29)30-5-2)16(3)26-25(27)33-20/h7-12,14-15,22H,4-6,13H2,1-3H3. The average molecular weight is 483 g/mol. The monoisotopic (exact) mass is 482 g/mol. The van der Waals surface area contributed by atoms with Crippen LogP contribution in [0.5, 0.6) is 5.75 Å². The molecule has 8 heteroatoms. The van der Waals surface area contributed by atoms with Gasteiger partial charge in [-0.3, -0.25) is 9.36 Å². The van der Waals surface area contributed by atoms with E-state index in [4.69, 9.17) is 9.47 Å². The van der Waals surface area contributed by atoms with Gasteiger partial charge < -0.3 is 9.47 Å². The van der Waals surface area contributed by atoms with Crippen LogP contribution in [0, 0.1) is 0 Å². The van der Waals surface area contributed by atoms with Gasteiger partial charge in [0.15, 0.2) is 4.80 Å². The van der Waals surface area contributed by atoms with Gasteiger partial charge >= 0.3 is 5.97 Å². The van der Waals surface area contributed by atoms with E-state index < -0.39 is 12.0 Å². The van der Waals surface area contributed by atoms with Crippen LogP contribution in [0.25, 0.3) is 6.08 Å². The Morgan fingerprint density at radius 3 is 2.67 bits per heavy atom. The van der Waals surface area contributed by atoms with Crippen LogP contribution in [-0.2, 0) is 9.53 Å². The van der Waals surface area contributed by atoms with Crippen LogP contribution in [-0.4, -0.2) is 23.8 Å². The lowest BCUT2D eigenvalue weighted by atomic mass is 10.0. The first-order valence-corrected chi connectivity index (χ1v) is 12.7. The van der Waals surface area contributed by atoms with Crippen molar-refractivity contribution < 1.29 is 14.3 Å². The van der Waals surface area contributed by atoms with Gasteiger partial charge in [-0.1, -0.05) is 42.9 Å². The molecule has 0 aliphatic carbocycles. The highest BCUT2D eigenvalue weighted by Gasteiger charge is 2.33. The molecule has 0 radical (unpaired) electrons. The molecule has 1 aromatic carbocycles. The Morgan fingerprint density at radius 2 is 2.00 bits per heavy atom. The third-order valence-corrected chi connectivity index (χ3v) is 7.18. The van der Waals surface area contributed by atoms with Gasteiger partial charge in [0.25, 0.3) is 5.56 Å². The predicted molar refractivity (Wildman–Crippen MR) is 132 cm³/mol. The second-order valence-electron chi connectivity index (χ2n) is 7.59. The molecule has 0 amide bonds. The van der Waals surface area contributed by atoms with Crippen LogP contribution in [0.1, 0.15) is 50.1 Å². The van der Waals surface area contributed by atoms with Crippen LogP contribution in [0.4, 0.5) is 0 Å². The number of thiophene rings is 1. The van der Waals surface area contributed by atoms with Crippen molar-refractivity contribution in [2.24, 2.45) is 4.99 Å². The van der Waals surface area contributed by atoms with E-state index in [2.05, 4.69) is 11.9 Å². The van der Waals surface area contributed by atoms with E-state index in [-0.39, 0.29) is 12.2 Å². The summed E-state index contributed by atoms with van der Waals surface area (Å²) >= 11 is 2.83. The maximum absolute atomic E-state index is 13.5. The van der Waals surface area contributed by atoms with E-state index in [1.54, 1.807) is 18.4 Å². The van der Waals surface area contributed by atoms with Gasteiger partial charge in [0.2, 0.25) is 0 Å². The molecule has 0 spiro atoms. The lowest BCUT2D eigenvalue weighted by Crippen LogP contribution is -2.39. The smallest absolute Gasteiger partial charge is 0.338 e. The fourth-order valence-electron chi connectivity index (χ4n) is 3.65. The number of ether oxygens (including phenoxy) is 2. The molecule has 33 heavy (non-hydrogen) atoms. The Labute approximate surface area is 200 Å². The third kappa shape index (κ3) is 4.86. The normalized spacial score (nSPS) is 15.8. The molecule has 1 aliphatic heterocycles. The van der Waals surface area contributed by atoms with Crippen LogP contribution in [0.3, 0.4) is 0 Å². The maximum Gasteiger partial charge on any atom is 0.338 e. The van der Waals surface area contributed by atoms with Crippen molar-refractivity contribution in [2.45, 2.75) is 39.7 Å². The van der Waals surface area contributed by atoms with Crippen LogP contribution in [0.2, 0.25) is 0 Å². The lowest BCUT2D eigenvalue weighted by Gasteiger charge is -2.23. The zero-order valence-electron chi connectivity index (χ0n) is 18.9. The summed E-state index contributed by atoms with van der Waals surface area (Å²) in [6.45, 7) is 6.64. The van der Waals surface area contributed by atoms with Crippen LogP contribution >= 0.6 is 22.7 Å². The number of benzene rings is 1. The zero-order valence-corrected chi connectivity index (χ0v) is 20.5. The quantitative estimate of drug-likeness (QED) is 0.359. The number of unbranched alkanes of at least 4 members (excludes halogenated alkanes) is 1. The molecular weight excluding hydrogens is 456 g/mol. The minimum Gasteiger partial charge on any atom is -0.494 e. The molecule has 2 aromatic heterocycles.